The van der Waals surface area contributed by atoms with Crippen LogP contribution in [-0.4, -0.2) is 18.5 Å². The van der Waals surface area contributed by atoms with Gasteiger partial charge in [-0.15, -0.1) is 0 Å². The van der Waals surface area contributed by atoms with E-state index in [1.54, 1.807) is 17.9 Å². The van der Waals surface area contributed by atoms with Gasteiger partial charge in [0.15, 0.2) is 0 Å². The van der Waals surface area contributed by atoms with Crippen LogP contribution in [0.15, 0.2) is 48.5 Å². The average Bonchev–Trinajstić information content (AvgIpc) is 2.79. The third-order valence-corrected chi connectivity index (χ3v) is 4.71. The quantitative estimate of drug-likeness (QED) is 0.455. The molecule has 2 N–H and O–H groups in total. The molecule has 0 aliphatic carbocycles. The van der Waals surface area contributed by atoms with Crippen LogP contribution in [0.25, 0.3) is 0 Å². The largest absolute Gasteiger partial charge is 0.464 e. The standard InChI is InChI=1S/C18H17IN2O3/c1-2-24-17(23)18(20)14-10-13(19)8-9-15(14)21(16(18)22)11-12-6-4-3-5-7-12/h3-10H,2,11,20H2,1H3. The number of carbonyl (C=O) groups is 2. The SMILES string of the molecule is CCOC(=O)C1(N)C(=O)N(Cc2ccccc2)c2ccc(I)cc21. The van der Waals surface area contributed by atoms with Gasteiger partial charge in [0, 0.05) is 9.13 Å². The Hall–Kier alpha value is -1.93. The van der Waals surface area contributed by atoms with E-state index in [4.69, 9.17) is 10.5 Å². The lowest BCUT2D eigenvalue weighted by molar-refractivity contribution is -0.153. The maximum absolute atomic E-state index is 13.0. The van der Waals surface area contributed by atoms with Crippen molar-refractivity contribution in [2.45, 2.75) is 19.0 Å². The van der Waals surface area contributed by atoms with E-state index >= 15 is 0 Å². The van der Waals surface area contributed by atoms with Crippen LogP contribution in [0, 0.1) is 3.57 Å². The van der Waals surface area contributed by atoms with Gasteiger partial charge in [0.2, 0.25) is 5.54 Å². The van der Waals surface area contributed by atoms with Crippen LogP contribution in [0.1, 0.15) is 18.1 Å². The molecule has 1 amide bonds. The number of hydrogen-bond donors (Lipinski definition) is 1. The topological polar surface area (TPSA) is 72.6 Å². The molecule has 5 nitrogen and oxygen atoms in total. The van der Waals surface area contributed by atoms with Crippen molar-refractivity contribution in [2.24, 2.45) is 5.73 Å². The molecule has 6 heteroatoms. The summed E-state index contributed by atoms with van der Waals surface area (Å²) in [5.74, 6) is -1.17. The number of rotatable bonds is 4. The van der Waals surface area contributed by atoms with Crippen molar-refractivity contribution in [2.75, 3.05) is 11.5 Å². The van der Waals surface area contributed by atoms with Crippen LogP contribution in [0.5, 0.6) is 0 Å². The molecule has 0 spiro atoms. The van der Waals surface area contributed by atoms with E-state index < -0.39 is 17.4 Å². The fraction of sp³-hybridized carbons (Fsp3) is 0.222. The van der Waals surface area contributed by atoms with Gasteiger partial charge in [0.1, 0.15) is 0 Å². The second kappa shape index (κ2) is 6.52. The Kier molecular flexibility index (Phi) is 4.60. The van der Waals surface area contributed by atoms with Crippen molar-refractivity contribution in [1.29, 1.82) is 0 Å². The van der Waals surface area contributed by atoms with Gasteiger partial charge in [-0.3, -0.25) is 4.79 Å². The van der Waals surface area contributed by atoms with Gasteiger partial charge in [-0.1, -0.05) is 30.3 Å². The van der Waals surface area contributed by atoms with E-state index in [1.807, 2.05) is 42.5 Å². The number of carbonyl (C=O) groups excluding carboxylic acids is 2. The molecule has 1 heterocycles. The Morgan fingerprint density at radius 2 is 1.96 bits per heavy atom. The Balaban J connectivity index is 2.07. The normalized spacial score (nSPS) is 19.3. The van der Waals surface area contributed by atoms with Crippen molar-refractivity contribution in [3.05, 3.63) is 63.2 Å². The minimum Gasteiger partial charge on any atom is -0.464 e. The fourth-order valence-electron chi connectivity index (χ4n) is 2.86. The molecule has 1 aliphatic rings. The number of fused-ring (bicyclic) bond motifs is 1. The van der Waals surface area contributed by atoms with E-state index in [0.717, 1.165) is 9.13 Å². The minimum absolute atomic E-state index is 0.170. The molecule has 0 radical (unpaired) electrons. The van der Waals surface area contributed by atoms with Gasteiger partial charge < -0.3 is 15.4 Å². The molecule has 2 aromatic rings. The molecule has 0 bridgehead atoms. The first kappa shape index (κ1) is 16.9. The summed E-state index contributed by atoms with van der Waals surface area (Å²) in [7, 11) is 0. The Bertz CT molecular complexity index is 794. The van der Waals surface area contributed by atoms with Gasteiger partial charge >= 0.3 is 5.97 Å². The molecular formula is C18H17IN2O3. The third-order valence-electron chi connectivity index (χ3n) is 4.04. The molecule has 2 aromatic carbocycles. The smallest absolute Gasteiger partial charge is 0.340 e. The van der Waals surface area contributed by atoms with Gasteiger partial charge in [0.25, 0.3) is 5.91 Å². The average molecular weight is 436 g/mol. The van der Waals surface area contributed by atoms with E-state index in [0.29, 0.717) is 17.8 Å². The molecule has 1 atom stereocenters. The molecule has 1 unspecified atom stereocenters. The van der Waals surface area contributed by atoms with Crippen molar-refractivity contribution < 1.29 is 14.3 Å². The zero-order valence-electron chi connectivity index (χ0n) is 13.2. The lowest BCUT2D eigenvalue weighted by Crippen LogP contribution is -2.53. The molecular weight excluding hydrogens is 419 g/mol. The van der Waals surface area contributed by atoms with E-state index in [1.165, 1.54) is 0 Å². The summed E-state index contributed by atoms with van der Waals surface area (Å²) in [5, 5.41) is 0. The molecule has 3 rings (SSSR count). The number of anilines is 1. The molecule has 124 valence electrons. The predicted octanol–water partition coefficient (Wildman–Crippen LogP) is 2.56. The summed E-state index contributed by atoms with van der Waals surface area (Å²) in [5.41, 5.74) is 6.61. The first-order valence-electron chi connectivity index (χ1n) is 7.60. The maximum Gasteiger partial charge on any atom is 0.340 e. The summed E-state index contributed by atoms with van der Waals surface area (Å²) in [4.78, 5) is 27.0. The zero-order chi connectivity index (χ0) is 17.3. The highest BCUT2D eigenvalue weighted by Gasteiger charge is 2.55. The van der Waals surface area contributed by atoms with Crippen molar-refractivity contribution in [3.8, 4) is 0 Å². The molecule has 0 saturated carbocycles. The fourth-order valence-corrected chi connectivity index (χ4v) is 3.35. The van der Waals surface area contributed by atoms with Crippen molar-refractivity contribution in [3.63, 3.8) is 0 Å². The molecule has 24 heavy (non-hydrogen) atoms. The Labute approximate surface area is 153 Å². The number of nitrogens with two attached hydrogens (primary N) is 1. The van der Waals surface area contributed by atoms with Crippen LogP contribution < -0.4 is 10.6 Å². The molecule has 0 fully saturated rings. The summed E-state index contributed by atoms with van der Waals surface area (Å²) >= 11 is 2.13. The second-order valence-electron chi connectivity index (χ2n) is 5.57. The predicted molar refractivity (Wildman–Crippen MR) is 99.3 cm³/mol. The summed E-state index contributed by atoms with van der Waals surface area (Å²) in [6.45, 7) is 2.21. The summed E-state index contributed by atoms with van der Waals surface area (Å²) in [6.07, 6.45) is 0. The zero-order valence-corrected chi connectivity index (χ0v) is 15.3. The maximum atomic E-state index is 13.0. The number of amides is 1. The van der Waals surface area contributed by atoms with Crippen molar-refractivity contribution >= 4 is 40.2 Å². The van der Waals surface area contributed by atoms with Gasteiger partial charge in [0.05, 0.1) is 18.8 Å². The monoisotopic (exact) mass is 436 g/mol. The van der Waals surface area contributed by atoms with E-state index in [9.17, 15) is 9.59 Å². The van der Waals surface area contributed by atoms with E-state index in [-0.39, 0.29) is 6.61 Å². The molecule has 1 aliphatic heterocycles. The second-order valence-corrected chi connectivity index (χ2v) is 6.81. The number of ether oxygens (including phenoxy) is 1. The lowest BCUT2D eigenvalue weighted by Gasteiger charge is -2.22. The Morgan fingerprint density at radius 1 is 1.25 bits per heavy atom. The highest BCUT2D eigenvalue weighted by Crippen LogP contribution is 2.41. The number of benzene rings is 2. The van der Waals surface area contributed by atoms with Crippen molar-refractivity contribution in [1.82, 2.24) is 0 Å². The lowest BCUT2D eigenvalue weighted by atomic mass is 9.93. The number of hydrogen-bond acceptors (Lipinski definition) is 4. The van der Waals surface area contributed by atoms with Crippen LogP contribution >= 0.6 is 22.6 Å². The van der Waals surface area contributed by atoms with E-state index in [2.05, 4.69) is 22.6 Å². The summed E-state index contributed by atoms with van der Waals surface area (Å²) in [6, 6.07) is 15.1. The molecule has 0 aromatic heterocycles. The highest BCUT2D eigenvalue weighted by molar-refractivity contribution is 14.1. The third kappa shape index (κ3) is 2.69. The van der Waals surface area contributed by atoms with Gasteiger partial charge in [-0.05, 0) is 53.3 Å². The van der Waals surface area contributed by atoms with Crippen LogP contribution in [0.3, 0.4) is 0 Å². The van der Waals surface area contributed by atoms with Crippen LogP contribution in [0.4, 0.5) is 5.69 Å². The number of halogens is 1. The summed E-state index contributed by atoms with van der Waals surface area (Å²) < 4.78 is 5.98. The minimum atomic E-state index is -1.79. The first-order chi connectivity index (χ1) is 11.5. The highest BCUT2D eigenvalue weighted by atomic mass is 127. The Morgan fingerprint density at radius 3 is 2.62 bits per heavy atom. The van der Waals surface area contributed by atoms with Crippen LogP contribution in [-0.2, 0) is 26.4 Å². The number of nitrogens with zero attached hydrogens (tertiary/aromatic N) is 1. The molecule has 0 saturated heterocycles. The first-order valence-corrected chi connectivity index (χ1v) is 8.68. The van der Waals surface area contributed by atoms with Crippen LogP contribution in [0.2, 0.25) is 0 Å². The number of esters is 1. The van der Waals surface area contributed by atoms with Gasteiger partial charge in [-0.2, -0.15) is 0 Å². The van der Waals surface area contributed by atoms with Gasteiger partial charge in [-0.25, -0.2) is 4.79 Å².